The fourth-order valence-corrected chi connectivity index (χ4v) is 2.58. The molecule has 19 heavy (non-hydrogen) atoms. The summed E-state index contributed by atoms with van der Waals surface area (Å²) in [5.74, 6) is 0.961. The molecule has 2 rings (SSSR count). The largest absolute Gasteiger partial charge is 0.496 e. The highest BCUT2D eigenvalue weighted by Crippen LogP contribution is 2.26. The van der Waals surface area contributed by atoms with Crippen molar-refractivity contribution >= 4 is 0 Å². The van der Waals surface area contributed by atoms with Crippen LogP contribution in [0.3, 0.4) is 0 Å². The van der Waals surface area contributed by atoms with Crippen molar-refractivity contribution in [3.8, 4) is 5.75 Å². The maximum atomic E-state index is 9.35. The normalized spacial score (nSPS) is 17.1. The van der Waals surface area contributed by atoms with Crippen LogP contribution < -0.4 is 10.1 Å². The van der Waals surface area contributed by atoms with Gasteiger partial charge in [-0.25, -0.2) is 0 Å². The first-order valence-electron chi connectivity index (χ1n) is 6.64. The first-order chi connectivity index (χ1) is 9.10. The lowest BCUT2D eigenvalue weighted by Crippen LogP contribution is -2.52. The molecule has 1 heterocycles. The third kappa shape index (κ3) is 3.08. The summed E-state index contributed by atoms with van der Waals surface area (Å²) in [6.45, 7) is 7.19. The van der Waals surface area contributed by atoms with Crippen molar-refractivity contribution in [1.29, 1.82) is 0 Å². The van der Waals surface area contributed by atoms with Crippen LogP contribution in [0.2, 0.25) is 0 Å². The van der Waals surface area contributed by atoms with E-state index in [0.29, 0.717) is 13.2 Å². The lowest BCUT2D eigenvalue weighted by Gasteiger charge is -2.40. The molecule has 1 saturated heterocycles. The molecule has 1 fully saturated rings. The van der Waals surface area contributed by atoms with Crippen LogP contribution in [0, 0.1) is 19.3 Å². The monoisotopic (exact) mass is 265 g/mol. The van der Waals surface area contributed by atoms with Crippen LogP contribution in [0.25, 0.3) is 0 Å². The zero-order valence-corrected chi connectivity index (χ0v) is 12.0. The predicted octanol–water partition coefficient (Wildman–Crippen LogP) is 1.41. The highest BCUT2D eigenvalue weighted by molar-refractivity contribution is 5.43. The molecule has 4 nitrogen and oxygen atoms in total. The maximum Gasteiger partial charge on any atom is 0.124 e. The molecule has 106 valence electrons. The summed E-state index contributed by atoms with van der Waals surface area (Å²) in [6.07, 6.45) is 0. The van der Waals surface area contributed by atoms with Crippen LogP contribution in [-0.4, -0.2) is 38.6 Å². The zero-order valence-electron chi connectivity index (χ0n) is 12.0. The van der Waals surface area contributed by atoms with E-state index in [9.17, 15) is 5.11 Å². The second-order valence-electron chi connectivity index (χ2n) is 5.52. The Hall–Kier alpha value is -1.10. The number of benzene rings is 1. The summed E-state index contributed by atoms with van der Waals surface area (Å²) < 4.78 is 10.5. The standard InChI is InChI=1S/C15H23NO3/c1-11-4-13(5-12(2)14(11)18-3)6-16-7-15(8-17)9-19-10-15/h4-5,16-17H,6-10H2,1-3H3. The van der Waals surface area contributed by atoms with E-state index >= 15 is 0 Å². The summed E-state index contributed by atoms with van der Waals surface area (Å²) in [5.41, 5.74) is 3.48. The molecule has 0 aromatic heterocycles. The zero-order chi connectivity index (χ0) is 13.9. The van der Waals surface area contributed by atoms with Gasteiger partial charge in [0.05, 0.1) is 32.3 Å². The molecule has 1 aliphatic heterocycles. The highest BCUT2D eigenvalue weighted by Gasteiger charge is 2.37. The first kappa shape index (κ1) is 14.3. The molecule has 0 spiro atoms. The SMILES string of the molecule is COc1c(C)cc(CNCC2(CO)COC2)cc1C. The van der Waals surface area contributed by atoms with Crippen LogP contribution in [-0.2, 0) is 11.3 Å². The van der Waals surface area contributed by atoms with Gasteiger partial charge in [0.15, 0.2) is 0 Å². The molecule has 2 N–H and O–H groups in total. The molecule has 0 radical (unpaired) electrons. The third-order valence-electron chi connectivity index (χ3n) is 3.71. The van der Waals surface area contributed by atoms with Crippen molar-refractivity contribution in [1.82, 2.24) is 5.32 Å². The minimum Gasteiger partial charge on any atom is -0.496 e. The third-order valence-corrected chi connectivity index (χ3v) is 3.71. The van der Waals surface area contributed by atoms with E-state index in [1.165, 1.54) is 5.56 Å². The van der Waals surface area contributed by atoms with E-state index in [-0.39, 0.29) is 12.0 Å². The molecule has 0 amide bonds. The van der Waals surface area contributed by atoms with Crippen molar-refractivity contribution in [2.24, 2.45) is 5.41 Å². The molecule has 0 atom stereocenters. The van der Waals surface area contributed by atoms with Gasteiger partial charge in [0, 0.05) is 13.1 Å². The van der Waals surface area contributed by atoms with Gasteiger partial charge in [0.1, 0.15) is 5.75 Å². The second kappa shape index (κ2) is 5.90. The van der Waals surface area contributed by atoms with Crippen molar-refractivity contribution in [3.63, 3.8) is 0 Å². The predicted molar refractivity (Wildman–Crippen MR) is 74.5 cm³/mol. The van der Waals surface area contributed by atoms with Gasteiger partial charge < -0.3 is 19.9 Å². The Morgan fingerprint density at radius 3 is 2.37 bits per heavy atom. The quantitative estimate of drug-likeness (QED) is 0.816. The molecule has 0 aliphatic carbocycles. The Morgan fingerprint density at radius 1 is 1.32 bits per heavy atom. The summed E-state index contributed by atoms with van der Waals surface area (Å²) >= 11 is 0. The van der Waals surface area contributed by atoms with Crippen molar-refractivity contribution in [2.75, 3.05) is 33.5 Å². The number of hydrogen-bond donors (Lipinski definition) is 2. The average molecular weight is 265 g/mol. The summed E-state index contributed by atoms with van der Waals surface area (Å²) in [5, 5.41) is 12.8. The van der Waals surface area contributed by atoms with Crippen LogP contribution in [0.5, 0.6) is 5.75 Å². The van der Waals surface area contributed by atoms with Gasteiger partial charge in [0.2, 0.25) is 0 Å². The van der Waals surface area contributed by atoms with Gasteiger partial charge in [-0.2, -0.15) is 0 Å². The molecular formula is C15H23NO3. The highest BCUT2D eigenvalue weighted by atomic mass is 16.5. The molecule has 0 saturated carbocycles. The average Bonchev–Trinajstić information content (AvgIpc) is 2.32. The summed E-state index contributed by atoms with van der Waals surface area (Å²) in [7, 11) is 1.70. The number of hydrogen-bond acceptors (Lipinski definition) is 4. The molecule has 1 aromatic carbocycles. The van der Waals surface area contributed by atoms with E-state index in [0.717, 1.165) is 30.0 Å². The number of methoxy groups -OCH3 is 1. The maximum absolute atomic E-state index is 9.35. The Kier molecular flexibility index (Phi) is 4.45. The minimum absolute atomic E-state index is 0.0729. The van der Waals surface area contributed by atoms with E-state index in [4.69, 9.17) is 9.47 Å². The Bertz CT molecular complexity index is 413. The molecule has 0 bridgehead atoms. The number of nitrogens with one attached hydrogen (secondary N) is 1. The smallest absolute Gasteiger partial charge is 0.124 e. The number of aliphatic hydroxyl groups excluding tert-OH is 1. The van der Waals surface area contributed by atoms with Crippen LogP contribution in [0.15, 0.2) is 12.1 Å². The van der Waals surface area contributed by atoms with Gasteiger partial charge in [-0.3, -0.25) is 0 Å². The number of aryl methyl sites for hydroxylation is 2. The fourth-order valence-electron chi connectivity index (χ4n) is 2.58. The molecule has 4 heteroatoms. The van der Waals surface area contributed by atoms with E-state index in [2.05, 4.69) is 31.3 Å². The second-order valence-corrected chi connectivity index (χ2v) is 5.52. The van der Waals surface area contributed by atoms with E-state index in [1.807, 2.05) is 0 Å². The van der Waals surface area contributed by atoms with Gasteiger partial charge >= 0.3 is 0 Å². The lowest BCUT2D eigenvalue weighted by molar-refractivity contribution is -0.134. The lowest BCUT2D eigenvalue weighted by atomic mass is 9.87. The number of ether oxygens (including phenoxy) is 2. The van der Waals surface area contributed by atoms with Gasteiger partial charge in [0.25, 0.3) is 0 Å². The van der Waals surface area contributed by atoms with Crippen LogP contribution in [0.4, 0.5) is 0 Å². The van der Waals surface area contributed by atoms with Gasteiger partial charge in [-0.15, -0.1) is 0 Å². The molecular weight excluding hydrogens is 242 g/mol. The molecule has 1 aromatic rings. The van der Waals surface area contributed by atoms with E-state index < -0.39 is 0 Å². The Morgan fingerprint density at radius 2 is 1.95 bits per heavy atom. The van der Waals surface area contributed by atoms with Gasteiger partial charge in [-0.1, -0.05) is 12.1 Å². The fraction of sp³-hybridized carbons (Fsp3) is 0.600. The topological polar surface area (TPSA) is 50.7 Å². The minimum atomic E-state index is -0.0729. The summed E-state index contributed by atoms with van der Waals surface area (Å²) in [4.78, 5) is 0. The Labute approximate surface area is 114 Å². The first-order valence-corrected chi connectivity index (χ1v) is 6.64. The summed E-state index contributed by atoms with van der Waals surface area (Å²) in [6, 6.07) is 4.28. The van der Waals surface area contributed by atoms with E-state index in [1.54, 1.807) is 7.11 Å². The van der Waals surface area contributed by atoms with Crippen LogP contribution in [0.1, 0.15) is 16.7 Å². The Balaban J connectivity index is 1.93. The molecule has 1 aliphatic rings. The van der Waals surface area contributed by atoms with Crippen molar-refractivity contribution in [3.05, 3.63) is 28.8 Å². The van der Waals surface area contributed by atoms with Gasteiger partial charge in [-0.05, 0) is 30.5 Å². The number of rotatable bonds is 6. The van der Waals surface area contributed by atoms with Crippen LogP contribution >= 0.6 is 0 Å². The number of aliphatic hydroxyl groups is 1. The van der Waals surface area contributed by atoms with Crippen molar-refractivity contribution in [2.45, 2.75) is 20.4 Å². The van der Waals surface area contributed by atoms with Crippen molar-refractivity contribution < 1.29 is 14.6 Å². The molecule has 0 unspecified atom stereocenters.